The number of aromatic nitrogens is 2. The Labute approximate surface area is 207 Å². The molecule has 190 valence electrons. The molecule has 0 spiro atoms. The lowest BCUT2D eigenvalue weighted by Crippen LogP contribution is -2.50. The molecular formula is C24H31F2N5O3S. The number of thiazole rings is 1. The van der Waals surface area contributed by atoms with Crippen LogP contribution in [-0.4, -0.2) is 62.1 Å². The fourth-order valence-corrected chi connectivity index (χ4v) is 5.28. The molecule has 1 saturated carbocycles. The molecule has 1 unspecified atom stereocenters. The van der Waals surface area contributed by atoms with Crippen molar-refractivity contribution < 1.29 is 23.5 Å². The number of hydrogen-bond acceptors (Lipinski definition) is 7. The summed E-state index contributed by atoms with van der Waals surface area (Å²) in [5.41, 5.74) is -0.624. The van der Waals surface area contributed by atoms with Gasteiger partial charge in [-0.15, -0.1) is 11.3 Å². The molecule has 2 aliphatic rings. The van der Waals surface area contributed by atoms with Gasteiger partial charge in [-0.25, -0.2) is 18.7 Å². The number of anilines is 1. The van der Waals surface area contributed by atoms with E-state index in [9.17, 15) is 23.5 Å². The molecule has 11 heteroatoms. The van der Waals surface area contributed by atoms with Gasteiger partial charge in [-0.3, -0.25) is 9.59 Å². The number of rotatable bonds is 6. The Balaban J connectivity index is 1.76. The molecule has 2 aromatic heterocycles. The molecule has 2 amide bonds. The summed E-state index contributed by atoms with van der Waals surface area (Å²) in [5, 5.41) is 15.6. The van der Waals surface area contributed by atoms with E-state index >= 15 is 0 Å². The summed E-state index contributed by atoms with van der Waals surface area (Å²) in [4.78, 5) is 36.8. The van der Waals surface area contributed by atoms with Gasteiger partial charge in [-0.05, 0) is 59.4 Å². The highest BCUT2D eigenvalue weighted by Crippen LogP contribution is 2.39. The van der Waals surface area contributed by atoms with Gasteiger partial charge in [0.25, 0.3) is 18.2 Å². The Morgan fingerprint density at radius 3 is 2.54 bits per heavy atom. The number of hydrogen-bond donors (Lipinski definition) is 3. The van der Waals surface area contributed by atoms with Gasteiger partial charge < -0.3 is 20.6 Å². The van der Waals surface area contributed by atoms with Crippen LogP contribution < -0.4 is 10.6 Å². The van der Waals surface area contributed by atoms with E-state index in [2.05, 4.69) is 20.6 Å². The molecule has 0 bridgehead atoms. The van der Waals surface area contributed by atoms with Crippen molar-refractivity contribution in [1.29, 1.82) is 0 Å². The van der Waals surface area contributed by atoms with Crippen molar-refractivity contribution in [1.82, 2.24) is 20.2 Å². The summed E-state index contributed by atoms with van der Waals surface area (Å²) >= 11 is 0.891. The first-order valence-corrected chi connectivity index (χ1v) is 12.6. The van der Waals surface area contributed by atoms with E-state index in [1.54, 1.807) is 4.90 Å². The van der Waals surface area contributed by atoms with Crippen LogP contribution in [0, 0.1) is 0 Å². The first kappa shape index (κ1) is 25.4. The number of pyridine rings is 1. The summed E-state index contributed by atoms with van der Waals surface area (Å²) in [6, 6.07) is 0.890. The standard InChI is InChI=1S/C24H31F2N5O3S/c1-12-6-5-9-31(12)23(34)18-19(35-22(29-18)21(33)28-15-7-8-16(15)32)14-11-27-17(30-24(2,3)4)10-13(14)20(25)26/h10-12,15-16,20,32H,5-9H2,1-4H3,(H,27,30)(H,28,33)/t12?,15-,16-/m1/s1. The molecule has 1 saturated heterocycles. The number of carbonyl (C=O) groups is 2. The van der Waals surface area contributed by atoms with Gasteiger partial charge in [-0.1, -0.05) is 0 Å². The summed E-state index contributed by atoms with van der Waals surface area (Å²) < 4.78 is 28.4. The van der Waals surface area contributed by atoms with Gasteiger partial charge in [0, 0.05) is 35.4 Å². The second-order valence-corrected chi connectivity index (χ2v) is 11.2. The minimum atomic E-state index is -2.83. The summed E-state index contributed by atoms with van der Waals surface area (Å²) in [6.45, 7) is 8.16. The van der Waals surface area contributed by atoms with Crippen LogP contribution in [0.1, 0.15) is 85.7 Å². The SMILES string of the molecule is CC1CCCN1C(=O)c1nc(C(=O)N[C@@H]2CC[C@H]2O)sc1-c1cnc(NC(C)(C)C)cc1C(F)F. The van der Waals surface area contributed by atoms with Crippen LogP contribution in [0.15, 0.2) is 12.3 Å². The number of nitrogens with zero attached hydrogens (tertiary/aromatic N) is 3. The van der Waals surface area contributed by atoms with E-state index in [0.29, 0.717) is 25.2 Å². The molecule has 3 heterocycles. The third kappa shape index (κ3) is 5.45. The molecule has 0 radical (unpaired) electrons. The zero-order chi connectivity index (χ0) is 25.5. The van der Waals surface area contributed by atoms with Crippen molar-refractivity contribution in [3.05, 3.63) is 28.5 Å². The monoisotopic (exact) mass is 507 g/mol. The predicted octanol–water partition coefficient (Wildman–Crippen LogP) is 4.23. The Kier molecular flexibility index (Phi) is 7.10. The van der Waals surface area contributed by atoms with Gasteiger partial charge in [0.05, 0.1) is 17.0 Å². The molecule has 2 fully saturated rings. The normalized spacial score (nSPS) is 22.3. The lowest BCUT2D eigenvalue weighted by atomic mass is 9.89. The van der Waals surface area contributed by atoms with Crippen LogP contribution in [-0.2, 0) is 0 Å². The highest BCUT2D eigenvalue weighted by Gasteiger charge is 2.35. The van der Waals surface area contributed by atoms with Crippen molar-refractivity contribution in [2.24, 2.45) is 0 Å². The molecule has 35 heavy (non-hydrogen) atoms. The molecule has 3 atom stereocenters. The topological polar surface area (TPSA) is 107 Å². The Morgan fingerprint density at radius 2 is 2.00 bits per heavy atom. The van der Waals surface area contributed by atoms with Gasteiger partial charge >= 0.3 is 0 Å². The van der Waals surface area contributed by atoms with Crippen LogP contribution in [0.25, 0.3) is 10.4 Å². The predicted molar refractivity (Wildman–Crippen MR) is 130 cm³/mol. The largest absolute Gasteiger partial charge is 0.391 e. The fraction of sp³-hybridized carbons (Fsp3) is 0.583. The second kappa shape index (κ2) is 9.77. The third-order valence-corrected chi connectivity index (χ3v) is 7.40. The van der Waals surface area contributed by atoms with Crippen LogP contribution in [0.5, 0.6) is 0 Å². The lowest BCUT2D eigenvalue weighted by molar-refractivity contribution is 0.0447. The van der Waals surface area contributed by atoms with Crippen LogP contribution in [0.3, 0.4) is 0 Å². The summed E-state index contributed by atoms with van der Waals surface area (Å²) in [6.07, 6.45) is 0.789. The summed E-state index contributed by atoms with van der Waals surface area (Å²) in [7, 11) is 0. The molecule has 8 nitrogen and oxygen atoms in total. The number of likely N-dealkylation sites (tertiary alicyclic amines) is 1. The number of carbonyl (C=O) groups excluding carboxylic acids is 2. The lowest BCUT2D eigenvalue weighted by Gasteiger charge is -2.32. The molecule has 0 aromatic carbocycles. The zero-order valence-electron chi connectivity index (χ0n) is 20.3. The van der Waals surface area contributed by atoms with Crippen LogP contribution >= 0.6 is 11.3 Å². The highest BCUT2D eigenvalue weighted by atomic mass is 32.1. The third-order valence-electron chi connectivity index (χ3n) is 6.31. The molecule has 4 rings (SSSR count). The minimum absolute atomic E-state index is 0.00795. The van der Waals surface area contributed by atoms with Crippen molar-refractivity contribution in [2.75, 3.05) is 11.9 Å². The number of halogens is 2. The number of amides is 2. The van der Waals surface area contributed by atoms with E-state index in [0.717, 1.165) is 24.2 Å². The van der Waals surface area contributed by atoms with Crippen molar-refractivity contribution in [3.8, 4) is 10.4 Å². The molecule has 2 aromatic rings. The van der Waals surface area contributed by atoms with Gasteiger partial charge in [-0.2, -0.15) is 0 Å². The maximum atomic E-state index is 14.2. The number of nitrogens with one attached hydrogen (secondary N) is 2. The van der Waals surface area contributed by atoms with E-state index in [1.165, 1.54) is 12.3 Å². The summed E-state index contributed by atoms with van der Waals surface area (Å²) in [5.74, 6) is -0.633. The van der Waals surface area contributed by atoms with Crippen LogP contribution in [0.4, 0.5) is 14.6 Å². The maximum absolute atomic E-state index is 14.2. The molecule has 1 aliphatic heterocycles. The van der Waals surface area contributed by atoms with E-state index in [-0.39, 0.29) is 50.2 Å². The van der Waals surface area contributed by atoms with Crippen molar-refractivity contribution >= 4 is 29.0 Å². The van der Waals surface area contributed by atoms with Gasteiger partial charge in [0.1, 0.15) is 11.5 Å². The Bertz CT molecular complexity index is 1120. The number of aliphatic hydroxyl groups excluding tert-OH is 1. The number of aliphatic hydroxyl groups is 1. The average Bonchev–Trinajstić information content (AvgIpc) is 3.41. The van der Waals surface area contributed by atoms with Crippen molar-refractivity contribution in [3.63, 3.8) is 0 Å². The first-order chi connectivity index (χ1) is 16.4. The Morgan fingerprint density at radius 1 is 1.26 bits per heavy atom. The van der Waals surface area contributed by atoms with Crippen molar-refractivity contribution in [2.45, 2.75) is 83.5 Å². The first-order valence-electron chi connectivity index (χ1n) is 11.8. The smallest absolute Gasteiger partial charge is 0.280 e. The van der Waals surface area contributed by atoms with E-state index < -0.39 is 18.4 Å². The minimum Gasteiger partial charge on any atom is -0.391 e. The van der Waals surface area contributed by atoms with Crippen LogP contribution in [0.2, 0.25) is 0 Å². The molecule has 1 aliphatic carbocycles. The quantitative estimate of drug-likeness (QED) is 0.540. The molecular weight excluding hydrogens is 476 g/mol. The average molecular weight is 508 g/mol. The van der Waals surface area contributed by atoms with Gasteiger partial charge in [0.15, 0.2) is 5.01 Å². The zero-order valence-corrected chi connectivity index (χ0v) is 21.1. The number of alkyl halides is 2. The second-order valence-electron chi connectivity index (χ2n) is 10.2. The van der Waals surface area contributed by atoms with Gasteiger partial charge in [0.2, 0.25) is 0 Å². The highest BCUT2D eigenvalue weighted by molar-refractivity contribution is 7.17. The van der Waals surface area contributed by atoms with E-state index in [4.69, 9.17) is 0 Å². The molecule has 3 N–H and O–H groups in total. The maximum Gasteiger partial charge on any atom is 0.280 e. The van der Waals surface area contributed by atoms with E-state index in [1.807, 2.05) is 27.7 Å². The fourth-order valence-electron chi connectivity index (χ4n) is 4.29. The Hall–Kier alpha value is -2.66.